The van der Waals surface area contributed by atoms with Crippen LogP contribution in [-0.2, 0) is 0 Å². The number of aromatic amines is 1. The number of H-pyrrole nitrogens is 1. The van der Waals surface area contributed by atoms with Crippen molar-refractivity contribution in [3.8, 4) is 5.69 Å². The number of para-hydroxylation sites is 1. The van der Waals surface area contributed by atoms with Gasteiger partial charge in [-0.25, -0.2) is 9.59 Å². The van der Waals surface area contributed by atoms with Crippen LogP contribution in [0.25, 0.3) is 5.69 Å². The van der Waals surface area contributed by atoms with Crippen LogP contribution in [0.1, 0.15) is 20.8 Å². The number of carboxylic acids is 1. The number of nitrogens with one attached hydrogen (secondary N) is 2. The van der Waals surface area contributed by atoms with E-state index in [4.69, 9.17) is 5.11 Å². The molecule has 0 radical (unpaired) electrons. The summed E-state index contributed by atoms with van der Waals surface area (Å²) in [5, 5.41) is 11.4. The molecule has 0 spiro atoms. The van der Waals surface area contributed by atoms with E-state index in [-0.39, 0.29) is 16.9 Å². The second-order valence-electron chi connectivity index (χ2n) is 3.74. The summed E-state index contributed by atoms with van der Waals surface area (Å²) in [5.41, 5.74) is -0.335. The van der Waals surface area contributed by atoms with Gasteiger partial charge in [0.1, 0.15) is 5.69 Å². The topological polar surface area (TPSA) is 104 Å². The van der Waals surface area contributed by atoms with Crippen molar-refractivity contribution in [1.82, 2.24) is 14.9 Å². The Balaban J connectivity index is 2.60. The predicted octanol–water partition coefficient (Wildman–Crippen LogP) is 0.223. The molecule has 0 aliphatic heterocycles. The highest BCUT2D eigenvalue weighted by Gasteiger charge is 2.15. The lowest BCUT2D eigenvalue weighted by Gasteiger charge is -2.04. The summed E-state index contributed by atoms with van der Waals surface area (Å²) in [5.74, 6) is -1.60. The third-order valence-corrected chi connectivity index (χ3v) is 2.58. The maximum Gasteiger partial charge on any atom is 0.337 e. The Labute approximate surface area is 107 Å². The van der Waals surface area contributed by atoms with Gasteiger partial charge in [-0.15, -0.1) is 0 Å². The van der Waals surface area contributed by atoms with E-state index in [0.29, 0.717) is 0 Å². The molecule has 2 aromatic rings. The molecule has 0 atom stereocenters. The Morgan fingerprint density at radius 3 is 2.63 bits per heavy atom. The number of carboxylic acid groups (broad SMARTS) is 1. The first kappa shape index (κ1) is 12.6. The van der Waals surface area contributed by atoms with Crippen molar-refractivity contribution in [2.75, 3.05) is 7.05 Å². The fourth-order valence-corrected chi connectivity index (χ4v) is 1.69. The third-order valence-electron chi connectivity index (χ3n) is 2.58. The lowest BCUT2D eigenvalue weighted by molar-refractivity contribution is 0.0696. The van der Waals surface area contributed by atoms with Crippen LogP contribution in [0, 0.1) is 0 Å². The van der Waals surface area contributed by atoms with Gasteiger partial charge < -0.3 is 15.4 Å². The minimum atomic E-state index is -1.15. The molecule has 98 valence electrons. The molecular formula is C12H11N3O4. The Morgan fingerprint density at radius 1 is 1.32 bits per heavy atom. The Kier molecular flexibility index (Phi) is 3.19. The molecule has 2 rings (SSSR count). The van der Waals surface area contributed by atoms with Gasteiger partial charge in [-0.3, -0.25) is 9.36 Å². The Bertz CT molecular complexity index is 699. The second kappa shape index (κ2) is 4.81. The summed E-state index contributed by atoms with van der Waals surface area (Å²) in [7, 11) is 1.43. The van der Waals surface area contributed by atoms with Crippen molar-refractivity contribution >= 4 is 11.9 Å². The first-order valence-corrected chi connectivity index (χ1v) is 5.41. The first-order chi connectivity index (χ1) is 9.04. The van der Waals surface area contributed by atoms with Crippen LogP contribution in [-0.4, -0.2) is 33.6 Å². The Hall–Kier alpha value is -2.83. The van der Waals surface area contributed by atoms with Crippen molar-refractivity contribution < 1.29 is 14.7 Å². The number of carbonyl (C=O) groups excluding carboxylic acids is 1. The van der Waals surface area contributed by atoms with Gasteiger partial charge in [0.15, 0.2) is 0 Å². The molecule has 7 heteroatoms. The highest BCUT2D eigenvalue weighted by atomic mass is 16.4. The van der Waals surface area contributed by atoms with Gasteiger partial charge in [0.05, 0.1) is 11.3 Å². The summed E-state index contributed by atoms with van der Waals surface area (Å²) in [6, 6.07) is 6.05. The summed E-state index contributed by atoms with van der Waals surface area (Å²) in [6.07, 6.45) is 1.27. The minimum absolute atomic E-state index is 0.0212. The molecule has 0 aliphatic carbocycles. The molecule has 1 amide bonds. The van der Waals surface area contributed by atoms with E-state index in [0.717, 1.165) is 4.57 Å². The standard InChI is InChI=1S/C12H11N3O4/c1-13-10(16)8-6-15(12(19)14-8)9-5-3-2-4-7(9)11(17)18/h2-6H,1H3,(H,13,16)(H,14,19)(H,17,18). The van der Waals surface area contributed by atoms with Gasteiger partial charge >= 0.3 is 11.7 Å². The van der Waals surface area contributed by atoms with E-state index in [1.165, 1.54) is 25.4 Å². The zero-order chi connectivity index (χ0) is 14.0. The van der Waals surface area contributed by atoms with Gasteiger partial charge in [0, 0.05) is 13.2 Å². The lowest BCUT2D eigenvalue weighted by Crippen LogP contribution is -2.19. The van der Waals surface area contributed by atoms with Crippen molar-refractivity contribution in [2.24, 2.45) is 0 Å². The van der Waals surface area contributed by atoms with Crippen LogP contribution in [0.15, 0.2) is 35.3 Å². The van der Waals surface area contributed by atoms with Crippen molar-refractivity contribution in [3.63, 3.8) is 0 Å². The number of amides is 1. The van der Waals surface area contributed by atoms with Gasteiger partial charge in [-0.2, -0.15) is 0 Å². The van der Waals surface area contributed by atoms with E-state index < -0.39 is 17.6 Å². The van der Waals surface area contributed by atoms with Gasteiger partial charge in [0.25, 0.3) is 5.91 Å². The van der Waals surface area contributed by atoms with E-state index in [1.54, 1.807) is 12.1 Å². The monoisotopic (exact) mass is 261 g/mol. The van der Waals surface area contributed by atoms with Crippen LogP contribution >= 0.6 is 0 Å². The fraction of sp³-hybridized carbons (Fsp3) is 0.0833. The number of imidazole rings is 1. The summed E-state index contributed by atoms with van der Waals surface area (Å²) in [6.45, 7) is 0. The van der Waals surface area contributed by atoms with E-state index in [2.05, 4.69) is 10.3 Å². The average Bonchev–Trinajstić information content (AvgIpc) is 2.79. The molecule has 3 N–H and O–H groups in total. The van der Waals surface area contributed by atoms with Crippen molar-refractivity contribution in [1.29, 1.82) is 0 Å². The molecule has 19 heavy (non-hydrogen) atoms. The molecule has 1 heterocycles. The molecule has 0 saturated carbocycles. The number of rotatable bonds is 3. The Morgan fingerprint density at radius 2 is 2.00 bits per heavy atom. The van der Waals surface area contributed by atoms with E-state index in [9.17, 15) is 14.4 Å². The predicted molar refractivity (Wildman–Crippen MR) is 66.7 cm³/mol. The molecule has 1 aromatic carbocycles. The molecule has 0 aliphatic rings. The maximum atomic E-state index is 11.8. The number of aromatic carboxylic acids is 1. The highest BCUT2D eigenvalue weighted by molar-refractivity contribution is 5.93. The SMILES string of the molecule is CNC(=O)c1cn(-c2ccccc2C(=O)O)c(=O)[nH]1. The molecule has 0 saturated heterocycles. The number of carbonyl (C=O) groups is 2. The summed E-state index contributed by atoms with van der Waals surface area (Å²) in [4.78, 5) is 36.6. The van der Waals surface area contributed by atoms with Crippen LogP contribution < -0.4 is 11.0 Å². The molecule has 0 unspecified atom stereocenters. The van der Waals surface area contributed by atoms with Gasteiger partial charge in [-0.1, -0.05) is 12.1 Å². The van der Waals surface area contributed by atoms with Crippen LogP contribution in [0.4, 0.5) is 0 Å². The highest BCUT2D eigenvalue weighted by Crippen LogP contribution is 2.13. The average molecular weight is 261 g/mol. The fourth-order valence-electron chi connectivity index (χ4n) is 1.69. The normalized spacial score (nSPS) is 10.2. The van der Waals surface area contributed by atoms with Gasteiger partial charge in [0.2, 0.25) is 0 Å². The number of hydrogen-bond acceptors (Lipinski definition) is 3. The number of benzene rings is 1. The second-order valence-corrected chi connectivity index (χ2v) is 3.74. The lowest BCUT2D eigenvalue weighted by atomic mass is 10.2. The van der Waals surface area contributed by atoms with Gasteiger partial charge in [-0.05, 0) is 12.1 Å². The number of aromatic nitrogens is 2. The summed E-state index contributed by atoms with van der Waals surface area (Å²) < 4.78 is 1.09. The zero-order valence-electron chi connectivity index (χ0n) is 10.0. The molecule has 0 fully saturated rings. The zero-order valence-corrected chi connectivity index (χ0v) is 10.0. The molecule has 7 nitrogen and oxygen atoms in total. The third kappa shape index (κ3) is 2.25. The number of hydrogen-bond donors (Lipinski definition) is 3. The largest absolute Gasteiger partial charge is 0.478 e. The minimum Gasteiger partial charge on any atom is -0.478 e. The van der Waals surface area contributed by atoms with Crippen molar-refractivity contribution in [2.45, 2.75) is 0 Å². The van der Waals surface area contributed by atoms with E-state index in [1.807, 2.05) is 0 Å². The quantitative estimate of drug-likeness (QED) is 0.735. The van der Waals surface area contributed by atoms with E-state index >= 15 is 0 Å². The van der Waals surface area contributed by atoms with Crippen molar-refractivity contribution in [3.05, 3.63) is 52.2 Å². The van der Waals surface area contributed by atoms with Crippen LogP contribution in [0.5, 0.6) is 0 Å². The maximum absolute atomic E-state index is 11.8. The smallest absolute Gasteiger partial charge is 0.337 e. The van der Waals surface area contributed by atoms with Crippen LogP contribution in [0.3, 0.4) is 0 Å². The molecule has 0 bridgehead atoms. The number of nitrogens with zero attached hydrogens (tertiary/aromatic N) is 1. The van der Waals surface area contributed by atoms with Crippen LogP contribution in [0.2, 0.25) is 0 Å². The summed E-state index contributed by atoms with van der Waals surface area (Å²) >= 11 is 0. The first-order valence-electron chi connectivity index (χ1n) is 5.41. The molecular weight excluding hydrogens is 250 g/mol. The molecule has 1 aromatic heterocycles.